The molecule has 0 unspecified atom stereocenters. The third kappa shape index (κ3) is 8.58. The zero-order valence-electron chi connectivity index (χ0n) is 31.5. The number of carbonyl (C=O) groups is 1. The predicted molar refractivity (Wildman–Crippen MR) is 181 cm³/mol. The molecular formula is C37H65NO10. The molecule has 11 heteroatoms. The van der Waals surface area contributed by atoms with Crippen molar-refractivity contribution in [1.82, 2.24) is 4.90 Å². The zero-order chi connectivity index (χ0) is 35.7. The first-order chi connectivity index (χ1) is 22.5. The molecule has 3 fully saturated rings. The number of rotatable bonds is 8. The monoisotopic (exact) mass is 683 g/mol. The minimum Gasteiger partial charge on any atom is -0.491 e. The number of ether oxygens (including phenoxy) is 7. The van der Waals surface area contributed by atoms with Gasteiger partial charge in [-0.15, -0.1) is 0 Å². The lowest BCUT2D eigenvalue weighted by Gasteiger charge is -2.46. The first kappa shape index (κ1) is 39.5. The predicted octanol–water partition coefficient (Wildman–Crippen LogP) is 4.81. The van der Waals surface area contributed by atoms with Gasteiger partial charge >= 0.3 is 5.97 Å². The van der Waals surface area contributed by atoms with Crippen LogP contribution in [0.2, 0.25) is 0 Å². The van der Waals surface area contributed by atoms with Crippen molar-refractivity contribution in [3.63, 3.8) is 0 Å². The minimum atomic E-state index is -0.929. The molecule has 3 saturated heterocycles. The van der Waals surface area contributed by atoms with Gasteiger partial charge in [0.15, 0.2) is 12.6 Å². The molecule has 4 aliphatic heterocycles. The Labute approximate surface area is 288 Å². The largest absolute Gasteiger partial charge is 0.491 e. The van der Waals surface area contributed by atoms with Gasteiger partial charge < -0.3 is 48.3 Å². The number of carbonyl (C=O) groups excluding carboxylic acids is 1. The lowest BCUT2D eigenvalue weighted by Crippen LogP contribution is -2.58. The Morgan fingerprint density at radius 1 is 0.896 bits per heavy atom. The molecule has 0 aromatic heterocycles. The van der Waals surface area contributed by atoms with Gasteiger partial charge in [-0.2, -0.15) is 0 Å². The number of hydrogen-bond acceptors (Lipinski definition) is 11. The number of hydrogen-bond donors (Lipinski definition) is 2. The molecule has 11 nitrogen and oxygen atoms in total. The number of fused-ring (bicyclic) bond motifs is 2. The number of methoxy groups -OCH3 is 1. The maximum absolute atomic E-state index is 14.0. The Balaban J connectivity index is 1.76. The van der Waals surface area contributed by atoms with E-state index in [1.54, 1.807) is 7.11 Å². The number of nitrogens with zero attached hydrogens (tertiary/aromatic N) is 1. The molecule has 278 valence electrons. The SMILES string of the molecule is CC[C@H]1OC(=O)[C@H](C)[C@@H](O[C@H]2C[C@@](C)(OC)C[C@H](C)O2)[C@H](C)[C@@H](O[C@@H]2O[C@H](C)C[C@H](N(C)CC)[C@H]2O)[C@H]2CC(C)=C(O2)[C@H](C)[C@@H](O)[C@H]1C. The number of aliphatic hydroxyl groups is 2. The second-order valence-corrected chi connectivity index (χ2v) is 15.5. The highest BCUT2D eigenvalue weighted by atomic mass is 16.7. The first-order valence-electron chi connectivity index (χ1n) is 18.3. The number of esters is 1. The highest BCUT2D eigenvalue weighted by molar-refractivity contribution is 5.73. The molecule has 0 aliphatic carbocycles. The smallest absolute Gasteiger partial charge is 0.311 e. The van der Waals surface area contributed by atoms with Gasteiger partial charge in [0.25, 0.3) is 0 Å². The summed E-state index contributed by atoms with van der Waals surface area (Å²) in [6, 6.07) is -0.152. The van der Waals surface area contributed by atoms with Gasteiger partial charge in [-0.25, -0.2) is 0 Å². The Bertz CT molecular complexity index is 1100. The van der Waals surface area contributed by atoms with Gasteiger partial charge in [-0.1, -0.05) is 34.6 Å². The average molecular weight is 684 g/mol. The van der Waals surface area contributed by atoms with Crippen molar-refractivity contribution in [2.45, 2.75) is 174 Å². The van der Waals surface area contributed by atoms with Gasteiger partial charge in [-0.05, 0) is 66.6 Å². The molecule has 4 aliphatic rings. The number of aliphatic hydroxyl groups excluding tert-OH is 2. The van der Waals surface area contributed by atoms with E-state index in [0.29, 0.717) is 25.7 Å². The Hall–Kier alpha value is -1.31. The maximum atomic E-state index is 14.0. The average Bonchev–Trinajstić information content (AvgIpc) is 3.44. The summed E-state index contributed by atoms with van der Waals surface area (Å²) in [5, 5.41) is 23.2. The Kier molecular flexibility index (Phi) is 13.5. The number of cyclic esters (lactones) is 1. The first-order valence-corrected chi connectivity index (χ1v) is 18.3. The molecule has 4 heterocycles. The van der Waals surface area contributed by atoms with Crippen molar-refractivity contribution in [3.05, 3.63) is 11.3 Å². The molecule has 0 amide bonds. The van der Waals surface area contributed by atoms with E-state index in [4.69, 9.17) is 33.2 Å². The van der Waals surface area contributed by atoms with E-state index < -0.39 is 72.6 Å². The Morgan fingerprint density at radius 2 is 1.58 bits per heavy atom. The lowest BCUT2D eigenvalue weighted by atomic mass is 9.83. The summed E-state index contributed by atoms with van der Waals surface area (Å²) in [6.07, 6.45) is -2.88. The molecule has 2 bridgehead atoms. The third-order valence-electron chi connectivity index (χ3n) is 11.7. The molecule has 0 radical (unpaired) electrons. The summed E-state index contributed by atoms with van der Waals surface area (Å²) >= 11 is 0. The molecule has 2 N–H and O–H groups in total. The molecule has 0 aromatic carbocycles. The lowest BCUT2D eigenvalue weighted by molar-refractivity contribution is -0.300. The second kappa shape index (κ2) is 16.4. The van der Waals surface area contributed by atoms with Crippen molar-refractivity contribution in [3.8, 4) is 0 Å². The molecule has 0 saturated carbocycles. The van der Waals surface area contributed by atoms with Crippen LogP contribution in [0.15, 0.2) is 11.3 Å². The standard InChI is InChI=1S/C37H65NO10/c1-13-27-22(6)30(39)23(7)32-19(3)15-28(45-32)34(48-36-31(40)26(38(11)14-2)16-20(4)44-36)24(8)33(25(9)35(41)46-27)47-29-18-37(10,42-12)17-21(5)43-29/h20-31,33-34,36,39-40H,13-18H2,1-12H3/t20-,21+,22+,23-,24+,25-,26+,27-,28-,29+,30+,31-,33+,34-,36+,37+/m1/s1. The summed E-state index contributed by atoms with van der Waals surface area (Å²) in [5.41, 5.74) is 0.583. The van der Waals surface area contributed by atoms with Crippen LogP contribution in [0.25, 0.3) is 0 Å². The molecular weight excluding hydrogens is 618 g/mol. The van der Waals surface area contributed by atoms with Crippen LogP contribution in [0.5, 0.6) is 0 Å². The third-order valence-corrected chi connectivity index (χ3v) is 11.7. The normalized spacial score (nSPS) is 46.4. The van der Waals surface area contributed by atoms with E-state index in [0.717, 1.165) is 24.3 Å². The van der Waals surface area contributed by atoms with Crippen molar-refractivity contribution in [2.75, 3.05) is 20.7 Å². The van der Waals surface area contributed by atoms with Crippen LogP contribution >= 0.6 is 0 Å². The van der Waals surface area contributed by atoms with Gasteiger partial charge in [0, 0.05) is 50.2 Å². The van der Waals surface area contributed by atoms with Crippen LogP contribution in [-0.2, 0) is 38.0 Å². The summed E-state index contributed by atoms with van der Waals surface area (Å²) in [6.45, 7) is 20.6. The molecule has 0 spiro atoms. The Morgan fingerprint density at radius 3 is 2.21 bits per heavy atom. The number of likely N-dealkylation sites (N-methyl/N-ethyl adjacent to an activating group) is 1. The fourth-order valence-corrected chi connectivity index (χ4v) is 8.39. The quantitative estimate of drug-likeness (QED) is 0.343. The van der Waals surface area contributed by atoms with Crippen LogP contribution in [0.1, 0.15) is 101 Å². The van der Waals surface area contributed by atoms with E-state index in [1.807, 2.05) is 62.4 Å². The summed E-state index contributed by atoms with van der Waals surface area (Å²) < 4.78 is 45.1. The highest BCUT2D eigenvalue weighted by Gasteiger charge is 2.50. The van der Waals surface area contributed by atoms with Crippen molar-refractivity contribution >= 4 is 5.97 Å². The van der Waals surface area contributed by atoms with Crippen LogP contribution in [0.4, 0.5) is 0 Å². The highest BCUT2D eigenvalue weighted by Crippen LogP contribution is 2.42. The van der Waals surface area contributed by atoms with Gasteiger partial charge in [0.1, 0.15) is 30.2 Å². The zero-order valence-corrected chi connectivity index (χ0v) is 31.5. The summed E-state index contributed by atoms with van der Waals surface area (Å²) in [4.78, 5) is 16.1. The van der Waals surface area contributed by atoms with Gasteiger partial charge in [0.2, 0.25) is 0 Å². The van der Waals surface area contributed by atoms with Crippen molar-refractivity contribution < 1.29 is 48.2 Å². The van der Waals surface area contributed by atoms with E-state index >= 15 is 0 Å². The van der Waals surface area contributed by atoms with Gasteiger partial charge in [-0.3, -0.25) is 4.79 Å². The van der Waals surface area contributed by atoms with Gasteiger partial charge in [0.05, 0.1) is 35.9 Å². The van der Waals surface area contributed by atoms with E-state index in [2.05, 4.69) is 18.7 Å². The second-order valence-electron chi connectivity index (χ2n) is 15.5. The topological polar surface area (TPSA) is 125 Å². The van der Waals surface area contributed by atoms with E-state index in [-0.39, 0.29) is 30.1 Å². The maximum Gasteiger partial charge on any atom is 0.311 e. The summed E-state index contributed by atoms with van der Waals surface area (Å²) in [5.74, 6) is -1.50. The van der Waals surface area contributed by atoms with Crippen LogP contribution in [0, 0.1) is 23.7 Å². The molecule has 0 aromatic rings. The molecule has 4 rings (SSSR count). The fourth-order valence-electron chi connectivity index (χ4n) is 8.39. The fraction of sp³-hybridized carbons (Fsp3) is 0.919. The van der Waals surface area contributed by atoms with Crippen molar-refractivity contribution in [2.24, 2.45) is 23.7 Å². The van der Waals surface area contributed by atoms with Crippen LogP contribution in [0.3, 0.4) is 0 Å². The van der Waals surface area contributed by atoms with Crippen LogP contribution in [-0.4, -0.2) is 115 Å². The molecule has 16 atom stereocenters. The van der Waals surface area contributed by atoms with Crippen molar-refractivity contribution in [1.29, 1.82) is 0 Å². The minimum absolute atomic E-state index is 0.117. The van der Waals surface area contributed by atoms with Crippen LogP contribution < -0.4 is 0 Å². The molecule has 48 heavy (non-hydrogen) atoms. The summed E-state index contributed by atoms with van der Waals surface area (Å²) in [7, 11) is 3.70. The van der Waals surface area contributed by atoms with E-state index in [9.17, 15) is 15.0 Å². The van der Waals surface area contributed by atoms with E-state index in [1.165, 1.54) is 0 Å².